The quantitative estimate of drug-likeness (QED) is 0.662. The predicted molar refractivity (Wildman–Crippen MR) is 98.2 cm³/mol. The highest BCUT2D eigenvalue weighted by molar-refractivity contribution is 6.33. The summed E-state index contributed by atoms with van der Waals surface area (Å²) in [5.41, 5.74) is 2.78. The Bertz CT molecular complexity index is 1050. The summed E-state index contributed by atoms with van der Waals surface area (Å²) in [5, 5.41) is 7.97. The summed E-state index contributed by atoms with van der Waals surface area (Å²) in [4.78, 5) is 0. The second-order valence-corrected chi connectivity index (χ2v) is 7.30. The van der Waals surface area contributed by atoms with Gasteiger partial charge in [-0.05, 0) is 43.7 Å². The summed E-state index contributed by atoms with van der Waals surface area (Å²) in [6.07, 6.45) is 0. The van der Waals surface area contributed by atoms with Crippen molar-refractivity contribution in [2.45, 2.75) is 19.4 Å². The molecule has 1 atom stereocenters. The van der Waals surface area contributed by atoms with Gasteiger partial charge in [-0.2, -0.15) is 5.10 Å². The van der Waals surface area contributed by atoms with E-state index in [1.165, 1.54) is 18.2 Å². The van der Waals surface area contributed by atoms with E-state index in [9.17, 15) is 13.2 Å². The highest BCUT2D eigenvalue weighted by Gasteiger charge is 2.52. The molecule has 0 saturated carbocycles. The highest BCUT2D eigenvalue weighted by atomic mass is 35.5. The smallest absolute Gasteiger partial charge is 0.131 e. The van der Waals surface area contributed by atoms with Crippen LogP contribution in [0.3, 0.4) is 0 Å². The van der Waals surface area contributed by atoms with Crippen LogP contribution < -0.4 is 5.32 Å². The van der Waals surface area contributed by atoms with Gasteiger partial charge in [0.1, 0.15) is 23.0 Å². The molecular formula is C20H17ClF3N3. The SMILES string of the molecule is Cc1cc(F)cc(F)c1C1(c2c(-c3ccc(F)cc3Cl)c(C)nn2C)CN1. The highest BCUT2D eigenvalue weighted by Crippen LogP contribution is 2.47. The Hall–Kier alpha value is -2.31. The summed E-state index contributed by atoms with van der Waals surface area (Å²) < 4.78 is 43.6. The van der Waals surface area contributed by atoms with Gasteiger partial charge in [0, 0.05) is 36.3 Å². The number of halogens is 4. The molecule has 1 saturated heterocycles. The largest absolute Gasteiger partial charge is 0.299 e. The van der Waals surface area contributed by atoms with Crippen molar-refractivity contribution in [3.05, 3.63) is 75.3 Å². The van der Waals surface area contributed by atoms with Gasteiger partial charge >= 0.3 is 0 Å². The zero-order valence-electron chi connectivity index (χ0n) is 15.0. The van der Waals surface area contributed by atoms with Crippen molar-refractivity contribution in [3.8, 4) is 11.1 Å². The van der Waals surface area contributed by atoms with Gasteiger partial charge in [-0.15, -0.1) is 0 Å². The third kappa shape index (κ3) is 2.75. The Kier molecular flexibility index (Phi) is 4.09. The molecular weight excluding hydrogens is 375 g/mol. The van der Waals surface area contributed by atoms with Gasteiger partial charge in [-0.3, -0.25) is 10.00 Å². The second kappa shape index (κ2) is 6.11. The van der Waals surface area contributed by atoms with Crippen LogP contribution in [0.15, 0.2) is 30.3 Å². The molecule has 0 bridgehead atoms. The molecule has 3 aromatic rings. The molecule has 27 heavy (non-hydrogen) atoms. The molecule has 140 valence electrons. The maximum Gasteiger partial charge on any atom is 0.131 e. The van der Waals surface area contributed by atoms with Crippen molar-refractivity contribution in [3.63, 3.8) is 0 Å². The molecule has 3 nitrogen and oxygen atoms in total. The number of nitrogens with one attached hydrogen (secondary N) is 1. The van der Waals surface area contributed by atoms with E-state index < -0.39 is 23.0 Å². The van der Waals surface area contributed by atoms with Crippen LogP contribution in [0.2, 0.25) is 5.02 Å². The van der Waals surface area contributed by atoms with E-state index in [0.29, 0.717) is 34.6 Å². The summed E-state index contributed by atoms with van der Waals surface area (Å²) in [6, 6.07) is 6.36. The molecule has 1 unspecified atom stereocenters. The molecule has 1 fully saturated rings. The summed E-state index contributed by atoms with van der Waals surface area (Å²) in [7, 11) is 1.77. The first-order valence-corrected chi connectivity index (χ1v) is 8.83. The van der Waals surface area contributed by atoms with Crippen LogP contribution in [-0.2, 0) is 12.6 Å². The monoisotopic (exact) mass is 391 g/mol. The number of rotatable bonds is 3. The third-order valence-corrected chi connectivity index (χ3v) is 5.35. The molecule has 0 amide bonds. The number of hydrogen-bond acceptors (Lipinski definition) is 2. The van der Waals surface area contributed by atoms with Crippen molar-refractivity contribution >= 4 is 11.6 Å². The fourth-order valence-corrected chi connectivity index (χ4v) is 4.22. The molecule has 0 spiro atoms. The van der Waals surface area contributed by atoms with Gasteiger partial charge in [0.25, 0.3) is 0 Å². The first kappa shape index (κ1) is 18.1. The first-order chi connectivity index (χ1) is 12.7. The molecule has 0 aliphatic carbocycles. The van der Waals surface area contributed by atoms with Crippen LogP contribution in [0.4, 0.5) is 13.2 Å². The van der Waals surface area contributed by atoms with Crippen molar-refractivity contribution in [1.82, 2.24) is 15.1 Å². The van der Waals surface area contributed by atoms with E-state index in [1.807, 2.05) is 6.92 Å². The van der Waals surface area contributed by atoms with Crippen LogP contribution in [0, 0.1) is 31.3 Å². The molecule has 7 heteroatoms. The topological polar surface area (TPSA) is 39.8 Å². The molecule has 1 aliphatic heterocycles. The molecule has 1 aliphatic rings. The minimum absolute atomic E-state index is 0.249. The number of aryl methyl sites for hydroxylation is 3. The Morgan fingerprint density at radius 3 is 2.41 bits per heavy atom. The number of hydrogen-bond donors (Lipinski definition) is 1. The van der Waals surface area contributed by atoms with E-state index in [4.69, 9.17) is 11.6 Å². The van der Waals surface area contributed by atoms with Gasteiger partial charge in [-0.25, -0.2) is 13.2 Å². The lowest BCUT2D eigenvalue weighted by molar-refractivity contribution is 0.547. The zero-order valence-corrected chi connectivity index (χ0v) is 15.8. The first-order valence-electron chi connectivity index (χ1n) is 8.45. The van der Waals surface area contributed by atoms with E-state index in [1.54, 1.807) is 24.7 Å². The summed E-state index contributed by atoms with van der Waals surface area (Å²) >= 11 is 6.30. The van der Waals surface area contributed by atoms with Gasteiger partial charge < -0.3 is 0 Å². The Morgan fingerprint density at radius 2 is 1.81 bits per heavy atom. The van der Waals surface area contributed by atoms with E-state index in [2.05, 4.69) is 10.4 Å². The van der Waals surface area contributed by atoms with Crippen LogP contribution in [0.1, 0.15) is 22.5 Å². The average Bonchev–Trinajstić information content (AvgIpc) is 3.26. The summed E-state index contributed by atoms with van der Waals surface area (Å²) in [6.45, 7) is 3.97. The Labute approximate surface area is 159 Å². The Morgan fingerprint density at radius 1 is 1.11 bits per heavy atom. The minimum atomic E-state index is -0.842. The number of nitrogens with zero attached hydrogens (tertiary/aromatic N) is 2. The number of aromatic nitrogens is 2. The molecule has 1 aromatic heterocycles. The lowest BCUT2D eigenvalue weighted by Gasteiger charge is -2.21. The van der Waals surface area contributed by atoms with Crippen molar-refractivity contribution in [2.24, 2.45) is 7.05 Å². The predicted octanol–water partition coefficient (Wildman–Crippen LogP) is 4.62. The maximum atomic E-state index is 14.8. The fraction of sp³-hybridized carbons (Fsp3) is 0.250. The normalized spacial score (nSPS) is 18.8. The Balaban J connectivity index is 1.99. The van der Waals surface area contributed by atoms with Crippen LogP contribution in [-0.4, -0.2) is 16.3 Å². The van der Waals surface area contributed by atoms with Crippen molar-refractivity contribution in [1.29, 1.82) is 0 Å². The lowest BCUT2D eigenvalue weighted by Crippen LogP contribution is -2.23. The minimum Gasteiger partial charge on any atom is -0.299 e. The zero-order chi connectivity index (χ0) is 19.5. The second-order valence-electron chi connectivity index (χ2n) is 6.90. The molecule has 2 heterocycles. The van der Waals surface area contributed by atoms with E-state index in [0.717, 1.165) is 11.6 Å². The standard InChI is InChI=1S/C20H17ClF3N3/c1-10-6-13(23)8-16(24)18(10)20(9-25-20)19-17(11(2)26-27(19)3)14-5-4-12(22)7-15(14)21/h4-8,25H,9H2,1-3H3. The van der Waals surface area contributed by atoms with Gasteiger partial charge in [0.2, 0.25) is 0 Å². The van der Waals surface area contributed by atoms with Gasteiger partial charge in [0.15, 0.2) is 0 Å². The van der Waals surface area contributed by atoms with E-state index in [-0.39, 0.29) is 5.02 Å². The average molecular weight is 392 g/mol. The van der Waals surface area contributed by atoms with Gasteiger partial charge in [0.05, 0.1) is 16.4 Å². The number of benzene rings is 2. The molecule has 2 aromatic carbocycles. The molecule has 4 rings (SSSR count). The van der Waals surface area contributed by atoms with Gasteiger partial charge in [-0.1, -0.05) is 11.6 Å². The van der Waals surface area contributed by atoms with Crippen molar-refractivity contribution in [2.75, 3.05) is 6.54 Å². The van der Waals surface area contributed by atoms with Crippen LogP contribution in [0.5, 0.6) is 0 Å². The van der Waals surface area contributed by atoms with Crippen molar-refractivity contribution < 1.29 is 13.2 Å². The summed E-state index contributed by atoms with van der Waals surface area (Å²) in [5.74, 6) is -1.67. The van der Waals surface area contributed by atoms with Crippen LogP contribution in [0.25, 0.3) is 11.1 Å². The molecule has 1 N–H and O–H groups in total. The van der Waals surface area contributed by atoms with E-state index >= 15 is 0 Å². The fourth-order valence-electron chi connectivity index (χ4n) is 3.96. The third-order valence-electron chi connectivity index (χ3n) is 5.04. The maximum absolute atomic E-state index is 14.8. The molecule has 0 radical (unpaired) electrons. The lowest BCUT2D eigenvalue weighted by atomic mass is 9.86. The van der Waals surface area contributed by atoms with Crippen LogP contribution >= 0.6 is 11.6 Å².